The Morgan fingerprint density at radius 2 is 2.18 bits per heavy atom. The molecule has 0 unspecified atom stereocenters. The Morgan fingerprint density at radius 3 is 2.94 bits per heavy atom. The van der Waals surface area contributed by atoms with Gasteiger partial charge in [0.25, 0.3) is 0 Å². The first-order valence-corrected chi connectivity index (χ1v) is 5.64. The molecule has 1 aliphatic rings. The van der Waals surface area contributed by atoms with Gasteiger partial charge in [-0.05, 0) is 24.6 Å². The van der Waals surface area contributed by atoms with Crippen LogP contribution in [-0.2, 0) is 4.74 Å². The Balaban J connectivity index is 2.32. The number of anilines is 2. The number of nitrogens with zero attached hydrogens (tertiary/aromatic N) is 1. The minimum absolute atomic E-state index is 0.256. The second-order valence-corrected chi connectivity index (χ2v) is 4.03. The molecule has 0 radical (unpaired) electrons. The summed E-state index contributed by atoms with van der Waals surface area (Å²) >= 11 is 0. The largest absolute Gasteiger partial charge is 0.478 e. The Morgan fingerprint density at radius 1 is 1.35 bits per heavy atom. The summed E-state index contributed by atoms with van der Waals surface area (Å²) in [7, 11) is 0. The number of benzene rings is 1. The van der Waals surface area contributed by atoms with Crippen LogP contribution >= 0.6 is 0 Å². The highest BCUT2D eigenvalue weighted by Gasteiger charge is 2.17. The average Bonchev–Trinajstić information content (AvgIpc) is 2.57. The molecule has 0 bridgehead atoms. The van der Waals surface area contributed by atoms with Gasteiger partial charge in [0, 0.05) is 25.4 Å². The van der Waals surface area contributed by atoms with Crippen molar-refractivity contribution in [2.75, 3.05) is 36.9 Å². The zero-order valence-electron chi connectivity index (χ0n) is 9.56. The van der Waals surface area contributed by atoms with E-state index < -0.39 is 5.97 Å². The van der Waals surface area contributed by atoms with E-state index in [1.165, 1.54) is 6.07 Å². The van der Waals surface area contributed by atoms with Crippen LogP contribution in [0.4, 0.5) is 11.4 Å². The lowest BCUT2D eigenvalue weighted by atomic mass is 10.1. The monoisotopic (exact) mass is 236 g/mol. The van der Waals surface area contributed by atoms with Crippen LogP contribution in [0.1, 0.15) is 16.8 Å². The number of aromatic carboxylic acids is 1. The lowest BCUT2D eigenvalue weighted by Gasteiger charge is -2.23. The third-order valence-electron chi connectivity index (χ3n) is 2.81. The van der Waals surface area contributed by atoms with Gasteiger partial charge in [-0.15, -0.1) is 0 Å². The van der Waals surface area contributed by atoms with Gasteiger partial charge in [0.15, 0.2) is 0 Å². The van der Waals surface area contributed by atoms with Gasteiger partial charge in [-0.3, -0.25) is 0 Å². The lowest BCUT2D eigenvalue weighted by Crippen LogP contribution is -2.27. The van der Waals surface area contributed by atoms with Gasteiger partial charge >= 0.3 is 5.97 Å². The third kappa shape index (κ3) is 2.68. The third-order valence-corrected chi connectivity index (χ3v) is 2.81. The zero-order valence-corrected chi connectivity index (χ0v) is 9.56. The number of ether oxygens (including phenoxy) is 1. The van der Waals surface area contributed by atoms with E-state index in [1.54, 1.807) is 12.1 Å². The van der Waals surface area contributed by atoms with E-state index in [-0.39, 0.29) is 5.56 Å². The summed E-state index contributed by atoms with van der Waals surface area (Å²) in [5.74, 6) is -0.947. The molecule has 0 aromatic heterocycles. The highest BCUT2D eigenvalue weighted by atomic mass is 16.5. The number of hydrogen-bond acceptors (Lipinski definition) is 4. The van der Waals surface area contributed by atoms with Crippen molar-refractivity contribution < 1.29 is 14.6 Å². The van der Waals surface area contributed by atoms with Gasteiger partial charge in [0.05, 0.1) is 17.9 Å². The molecule has 0 saturated carbocycles. The van der Waals surface area contributed by atoms with Crippen LogP contribution in [0.25, 0.3) is 0 Å². The van der Waals surface area contributed by atoms with Crippen molar-refractivity contribution in [3.8, 4) is 0 Å². The van der Waals surface area contributed by atoms with E-state index in [1.807, 2.05) is 4.90 Å². The molecule has 0 spiro atoms. The highest BCUT2D eigenvalue weighted by Crippen LogP contribution is 2.24. The summed E-state index contributed by atoms with van der Waals surface area (Å²) in [5.41, 5.74) is 7.06. The first-order chi connectivity index (χ1) is 8.18. The fraction of sp³-hybridized carbons (Fsp3) is 0.417. The summed E-state index contributed by atoms with van der Waals surface area (Å²) in [6.45, 7) is 2.88. The topological polar surface area (TPSA) is 75.8 Å². The summed E-state index contributed by atoms with van der Waals surface area (Å²) in [5, 5.41) is 9.18. The smallest absolute Gasteiger partial charge is 0.337 e. The van der Waals surface area contributed by atoms with Crippen LogP contribution in [0, 0.1) is 0 Å². The summed E-state index contributed by atoms with van der Waals surface area (Å²) in [4.78, 5) is 13.2. The molecule has 5 heteroatoms. The van der Waals surface area contributed by atoms with Gasteiger partial charge < -0.3 is 20.5 Å². The number of rotatable bonds is 2. The summed E-state index contributed by atoms with van der Waals surface area (Å²) in [6.07, 6.45) is 0.906. The number of carboxylic acids is 1. The second kappa shape index (κ2) is 5.05. The summed E-state index contributed by atoms with van der Waals surface area (Å²) in [6, 6.07) is 5.00. The van der Waals surface area contributed by atoms with Crippen LogP contribution < -0.4 is 10.6 Å². The minimum Gasteiger partial charge on any atom is -0.478 e. The normalized spacial score (nSPS) is 16.6. The molecule has 1 saturated heterocycles. The zero-order chi connectivity index (χ0) is 12.3. The number of nitrogen functional groups attached to an aromatic ring is 1. The molecule has 1 heterocycles. The molecule has 0 aliphatic carbocycles. The van der Waals surface area contributed by atoms with Crippen molar-refractivity contribution in [2.45, 2.75) is 6.42 Å². The molecular formula is C12H16N2O3. The van der Waals surface area contributed by atoms with Crippen molar-refractivity contribution in [2.24, 2.45) is 0 Å². The average molecular weight is 236 g/mol. The Kier molecular flexibility index (Phi) is 3.49. The van der Waals surface area contributed by atoms with Gasteiger partial charge in [-0.1, -0.05) is 0 Å². The number of hydrogen-bond donors (Lipinski definition) is 2. The van der Waals surface area contributed by atoms with E-state index in [4.69, 9.17) is 10.5 Å². The molecule has 0 atom stereocenters. The lowest BCUT2D eigenvalue weighted by molar-refractivity contribution is 0.0697. The molecule has 92 valence electrons. The van der Waals surface area contributed by atoms with E-state index in [0.29, 0.717) is 18.8 Å². The minimum atomic E-state index is -0.947. The van der Waals surface area contributed by atoms with E-state index in [2.05, 4.69) is 0 Å². The standard InChI is InChI=1S/C12H16N2O3/c13-9-2-3-11(10(8-9)12(15)16)14-4-1-6-17-7-5-14/h2-3,8H,1,4-7,13H2,(H,15,16). The highest BCUT2D eigenvalue weighted by molar-refractivity contribution is 5.95. The number of nitrogens with two attached hydrogens (primary N) is 1. The Labute approximate surface area is 99.8 Å². The van der Waals surface area contributed by atoms with E-state index >= 15 is 0 Å². The van der Waals surface area contributed by atoms with Gasteiger partial charge in [-0.25, -0.2) is 4.79 Å². The fourth-order valence-electron chi connectivity index (χ4n) is 1.99. The van der Waals surface area contributed by atoms with Crippen molar-refractivity contribution in [1.82, 2.24) is 0 Å². The molecule has 2 rings (SSSR count). The van der Waals surface area contributed by atoms with Crippen molar-refractivity contribution in [1.29, 1.82) is 0 Å². The Bertz CT molecular complexity index is 412. The van der Waals surface area contributed by atoms with Crippen LogP contribution in [0.15, 0.2) is 18.2 Å². The first-order valence-electron chi connectivity index (χ1n) is 5.64. The predicted molar refractivity (Wildman–Crippen MR) is 65.5 cm³/mol. The second-order valence-electron chi connectivity index (χ2n) is 4.03. The van der Waals surface area contributed by atoms with Crippen LogP contribution in [0.3, 0.4) is 0 Å². The molecule has 17 heavy (non-hydrogen) atoms. The summed E-state index contributed by atoms with van der Waals surface area (Å²) < 4.78 is 5.36. The maximum Gasteiger partial charge on any atom is 0.337 e. The molecule has 1 aromatic rings. The first kappa shape index (κ1) is 11.7. The van der Waals surface area contributed by atoms with Crippen molar-refractivity contribution >= 4 is 17.3 Å². The maximum atomic E-state index is 11.2. The van der Waals surface area contributed by atoms with Crippen LogP contribution in [0.2, 0.25) is 0 Å². The molecule has 0 amide bonds. The molecule has 3 N–H and O–H groups in total. The van der Waals surface area contributed by atoms with Crippen molar-refractivity contribution in [3.63, 3.8) is 0 Å². The van der Waals surface area contributed by atoms with Crippen molar-refractivity contribution in [3.05, 3.63) is 23.8 Å². The van der Waals surface area contributed by atoms with Crippen LogP contribution in [0.5, 0.6) is 0 Å². The Hall–Kier alpha value is -1.75. The van der Waals surface area contributed by atoms with Crippen LogP contribution in [-0.4, -0.2) is 37.4 Å². The molecule has 5 nitrogen and oxygen atoms in total. The molecule has 1 fully saturated rings. The van der Waals surface area contributed by atoms with Gasteiger partial charge in [-0.2, -0.15) is 0 Å². The van der Waals surface area contributed by atoms with Gasteiger partial charge in [0.2, 0.25) is 0 Å². The molecular weight excluding hydrogens is 220 g/mol. The van der Waals surface area contributed by atoms with Gasteiger partial charge in [0.1, 0.15) is 0 Å². The van der Waals surface area contributed by atoms with E-state index in [0.717, 1.165) is 25.3 Å². The van der Waals surface area contributed by atoms with E-state index in [9.17, 15) is 9.90 Å². The maximum absolute atomic E-state index is 11.2. The fourth-order valence-corrected chi connectivity index (χ4v) is 1.99. The SMILES string of the molecule is Nc1ccc(N2CCCOCC2)c(C(=O)O)c1. The number of carbonyl (C=O) groups is 1. The number of carboxylic acid groups (broad SMARTS) is 1. The quantitative estimate of drug-likeness (QED) is 0.754. The molecule has 1 aromatic carbocycles. The molecule has 1 aliphatic heterocycles. The predicted octanol–water partition coefficient (Wildman–Crippen LogP) is 1.19.